The van der Waals surface area contributed by atoms with Gasteiger partial charge in [0.25, 0.3) is 0 Å². The molecule has 23 heavy (non-hydrogen) atoms. The highest BCUT2D eigenvalue weighted by atomic mass is 32.2. The van der Waals surface area contributed by atoms with Gasteiger partial charge in [-0.1, -0.05) is 42.1 Å². The number of para-hydroxylation sites is 1. The molecule has 0 aliphatic carbocycles. The maximum atomic E-state index is 5.81. The number of benzene rings is 2. The molecule has 2 heterocycles. The Morgan fingerprint density at radius 1 is 1.00 bits per heavy atom. The maximum absolute atomic E-state index is 5.81. The highest BCUT2D eigenvalue weighted by Crippen LogP contribution is 2.38. The van der Waals surface area contributed by atoms with Crippen molar-refractivity contribution in [3.63, 3.8) is 0 Å². The summed E-state index contributed by atoms with van der Waals surface area (Å²) >= 11 is 3.33. The third-order valence-corrected chi connectivity index (χ3v) is 5.58. The fourth-order valence-corrected chi connectivity index (χ4v) is 4.44. The van der Waals surface area contributed by atoms with Crippen LogP contribution in [0.5, 0.6) is 0 Å². The van der Waals surface area contributed by atoms with Gasteiger partial charge in [-0.2, -0.15) is 0 Å². The van der Waals surface area contributed by atoms with Crippen LogP contribution in [0.25, 0.3) is 21.7 Å². The molecule has 2 aromatic carbocycles. The minimum absolute atomic E-state index is 0.0560. The molecule has 2 aromatic heterocycles. The van der Waals surface area contributed by atoms with E-state index >= 15 is 0 Å². The first-order valence-corrected chi connectivity index (χ1v) is 8.90. The van der Waals surface area contributed by atoms with Gasteiger partial charge in [-0.25, -0.2) is 4.98 Å². The summed E-state index contributed by atoms with van der Waals surface area (Å²) < 4.78 is 8.02. The van der Waals surface area contributed by atoms with Gasteiger partial charge in [0, 0.05) is 5.56 Å². The molecule has 4 rings (SSSR count). The van der Waals surface area contributed by atoms with E-state index in [1.807, 2.05) is 48.5 Å². The summed E-state index contributed by atoms with van der Waals surface area (Å²) in [6, 6.07) is 17.9. The second-order valence-electron chi connectivity index (χ2n) is 5.02. The van der Waals surface area contributed by atoms with Crippen molar-refractivity contribution in [2.75, 3.05) is 0 Å². The number of aromatic nitrogens is 3. The number of fused-ring (bicyclic) bond motifs is 1. The number of thioether (sulfide) groups is 1. The van der Waals surface area contributed by atoms with Gasteiger partial charge >= 0.3 is 0 Å². The molecule has 114 valence electrons. The first-order chi connectivity index (χ1) is 11.3. The van der Waals surface area contributed by atoms with Gasteiger partial charge in [-0.05, 0) is 31.2 Å². The average molecular weight is 339 g/mol. The fourth-order valence-electron chi connectivity index (χ4n) is 2.20. The highest BCUT2D eigenvalue weighted by Gasteiger charge is 2.18. The highest BCUT2D eigenvalue weighted by molar-refractivity contribution is 8.01. The molecule has 4 nitrogen and oxygen atoms in total. The van der Waals surface area contributed by atoms with Gasteiger partial charge in [-0.3, -0.25) is 0 Å². The number of thiazole rings is 1. The van der Waals surface area contributed by atoms with Crippen molar-refractivity contribution in [2.45, 2.75) is 16.5 Å². The Hall–Kier alpha value is -2.18. The number of hydrogen-bond donors (Lipinski definition) is 0. The van der Waals surface area contributed by atoms with Crippen LogP contribution in [0.1, 0.15) is 18.1 Å². The Bertz CT molecular complexity index is 900. The summed E-state index contributed by atoms with van der Waals surface area (Å²) in [6.07, 6.45) is 0. The Morgan fingerprint density at radius 2 is 1.78 bits per heavy atom. The molecule has 0 aliphatic heterocycles. The van der Waals surface area contributed by atoms with Crippen molar-refractivity contribution in [2.24, 2.45) is 0 Å². The molecule has 0 N–H and O–H groups in total. The van der Waals surface area contributed by atoms with Gasteiger partial charge in [0.1, 0.15) is 0 Å². The van der Waals surface area contributed by atoms with E-state index in [4.69, 9.17) is 4.42 Å². The predicted molar refractivity (Wildman–Crippen MR) is 93.6 cm³/mol. The SMILES string of the molecule is CC(Sc1nc2ccccc2s1)c1nnc(-c2ccccc2)o1. The van der Waals surface area contributed by atoms with E-state index in [0.29, 0.717) is 11.8 Å². The zero-order valence-corrected chi connectivity index (χ0v) is 14.0. The first-order valence-electron chi connectivity index (χ1n) is 7.20. The minimum Gasteiger partial charge on any atom is -0.419 e. The molecule has 0 aliphatic rings. The van der Waals surface area contributed by atoms with Crippen molar-refractivity contribution >= 4 is 33.3 Å². The van der Waals surface area contributed by atoms with Crippen molar-refractivity contribution in [1.82, 2.24) is 15.2 Å². The van der Waals surface area contributed by atoms with Crippen LogP contribution in [0.15, 0.2) is 63.4 Å². The fraction of sp³-hybridized carbons (Fsp3) is 0.118. The molecular formula is C17H13N3OS2. The summed E-state index contributed by atoms with van der Waals surface area (Å²) in [4.78, 5) is 4.63. The van der Waals surface area contributed by atoms with E-state index in [2.05, 4.69) is 28.2 Å². The Balaban J connectivity index is 1.55. The van der Waals surface area contributed by atoms with Gasteiger partial charge in [-0.15, -0.1) is 21.5 Å². The summed E-state index contributed by atoms with van der Waals surface area (Å²) in [5, 5.41) is 8.38. The van der Waals surface area contributed by atoms with Crippen LogP contribution in [0.2, 0.25) is 0 Å². The number of rotatable bonds is 4. The molecule has 4 aromatic rings. The molecule has 0 radical (unpaired) electrons. The quantitative estimate of drug-likeness (QED) is 0.478. The van der Waals surface area contributed by atoms with Crippen LogP contribution >= 0.6 is 23.1 Å². The standard InChI is InChI=1S/C17H13N3OS2/c1-11(22-17-18-13-9-5-6-10-14(13)23-17)15-19-20-16(21-15)12-7-3-2-4-8-12/h2-11H,1H3. The van der Waals surface area contributed by atoms with Gasteiger partial charge in [0.15, 0.2) is 4.34 Å². The third kappa shape index (κ3) is 3.00. The van der Waals surface area contributed by atoms with Gasteiger partial charge < -0.3 is 4.42 Å². The molecule has 6 heteroatoms. The summed E-state index contributed by atoms with van der Waals surface area (Å²) in [5.41, 5.74) is 1.96. The summed E-state index contributed by atoms with van der Waals surface area (Å²) in [7, 11) is 0. The van der Waals surface area contributed by atoms with Crippen LogP contribution in [-0.4, -0.2) is 15.2 Å². The van der Waals surface area contributed by atoms with E-state index < -0.39 is 0 Å². The molecule has 1 unspecified atom stereocenters. The second kappa shape index (κ2) is 6.14. The number of hydrogen-bond acceptors (Lipinski definition) is 6. The molecule has 0 spiro atoms. The second-order valence-corrected chi connectivity index (χ2v) is 7.64. The lowest BCUT2D eigenvalue weighted by atomic mass is 10.2. The van der Waals surface area contributed by atoms with E-state index in [0.717, 1.165) is 15.4 Å². The van der Waals surface area contributed by atoms with Crippen molar-refractivity contribution < 1.29 is 4.42 Å². The first kappa shape index (κ1) is 14.4. The molecule has 0 fully saturated rings. The zero-order valence-electron chi connectivity index (χ0n) is 12.3. The Kier molecular flexibility index (Phi) is 3.85. The van der Waals surface area contributed by atoms with Crippen molar-refractivity contribution in [3.8, 4) is 11.5 Å². The Labute approximate surface area is 141 Å². The van der Waals surface area contributed by atoms with Crippen LogP contribution in [0.4, 0.5) is 0 Å². The summed E-state index contributed by atoms with van der Waals surface area (Å²) in [5.74, 6) is 1.17. The van der Waals surface area contributed by atoms with Gasteiger partial charge in [0.2, 0.25) is 11.8 Å². The minimum atomic E-state index is 0.0560. The topological polar surface area (TPSA) is 51.8 Å². The van der Waals surface area contributed by atoms with Crippen molar-refractivity contribution in [3.05, 3.63) is 60.5 Å². The molecule has 1 atom stereocenters. The maximum Gasteiger partial charge on any atom is 0.247 e. The molecule has 0 amide bonds. The molecule has 0 saturated heterocycles. The third-order valence-electron chi connectivity index (χ3n) is 3.36. The lowest BCUT2D eigenvalue weighted by Crippen LogP contribution is -1.88. The summed E-state index contributed by atoms with van der Waals surface area (Å²) in [6.45, 7) is 2.05. The zero-order chi connectivity index (χ0) is 15.6. The predicted octanol–water partition coefficient (Wildman–Crippen LogP) is 5.20. The molecule has 0 bridgehead atoms. The van der Waals surface area contributed by atoms with Crippen LogP contribution in [0.3, 0.4) is 0 Å². The monoisotopic (exact) mass is 339 g/mol. The van der Waals surface area contributed by atoms with E-state index in [1.165, 1.54) is 4.70 Å². The van der Waals surface area contributed by atoms with E-state index in [-0.39, 0.29) is 5.25 Å². The number of nitrogens with zero attached hydrogens (tertiary/aromatic N) is 3. The average Bonchev–Trinajstić information content (AvgIpc) is 3.22. The molecular weight excluding hydrogens is 326 g/mol. The lowest BCUT2D eigenvalue weighted by molar-refractivity contribution is 0.509. The normalized spacial score (nSPS) is 12.6. The lowest BCUT2D eigenvalue weighted by Gasteiger charge is -2.02. The molecule has 0 saturated carbocycles. The van der Waals surface area contributed by atoms with E-state index in [1.54, 1.807) is 23.1 Å². The van der Waals surface area contributed by atoms with Crippen molar-refractivity contribution in [1.29, 1.82) is 0 Å². The van der Waals surface area contributed by atoms with Crippen LogP contribution in [-0.2, 0) is 0 Å². The smallest absolute Gasteiger partial charge is 0.247 e. The Morgan fingerprint density at radius 3 is 2.61 bits per heavy atom. The van der Waals surface area contributed by atoms with Crippen LogP contribution < -0.4 is 0 Å². The van der Waals surface area contributed by atoms with Crippen LogP contribution in [0, 0.1) is 0 Å². The van der Waals surface area contributed by atoms with E-state index in [9.17, 15) is 0 Å². The van der Waals surface area contributed by atoms with Gasteiger partial charge in [0.05, 0.1) is 15.5 Å². The largest absolute Gasteiger partial charge is 0.419 e.